The Labute approximate surface area is 97.8 Å². The number of hydrogen-bond donors (Lipinski definition) is 0. The molecule has 0 N–H and O–H groups in total. The van der Waals surface area contributed by atoms with Crippen LogP contribution in [0.5, 0.6) is 0 Å². The summed E-state index contributed by atoms with van der Waals surface area (Å²) in [6, 6.07) is 10.8. The van der Waals surface area contributed by atoms with Gasteiger partial charge in [-0.15, -0.1) is 0 Å². The first-order chi connectivity index (χ1) is 7.36. The van der Waals surface area contributed by atoms with Gasteiger partial charge in [0.2, 0.25) is 0 Å². The zero-order valence-electron chi connectivity index (χ0n) is 8.23. The van der Waals surface area contributed by atoms with Crippen molar-refractivity contribution in [3.05, 3.63) is 52.5 Å². The average molecular weight is 259 g/mol. The van der Waals surface area contributed by atoms with Gasteiger partial charge in [-0.3, -0.25) is 0 Å². The van der Waals surface area contributed by atoms with Gasteiger partial charge in [0.25, 0.3) is 0 Å². The molecular formula is C14H11Br. The molecule has 2 unspecified atom stereocenters. The van der Waals surface area contributed by atoms with E-state index < -0.39 is 0 Å². The molecule has 1 aromatic carbocycles. The molecule has 0 nitrogen and oxygen atoms in total. The maximum absolute atomic E-state index is 3.64. The van der Waals surface area contributed by atoms with E-state index in [0.717, 1.165) is 23.7 Å². The molecule has 0 saturated heterocycles. The maximum atomic E-state index is 3.64. The van der Waals surface area contributed by atoms with Crippen molar-refractivity contribution >= 4 is 21.5 Å². The van der Waals surface area contributed by atoms with E-state index in [2.05, 4.69) is 58.4 Å². The summed E-state index contributed by atoms with van der Waals surface area (Å²) in [5, 5.41) is 0. The number of hydrogen-bond acceptors (Lipinski definition) is 0. The van der Waals surface area contributed by atoms with Gasteiger partial charge in [-0.25, -0.2) is 0 Å². The first kappa shape index (κ1) is 8.35. The molecule has 0 spiro atoms. The highest BCUT2D eigenvalue weighted by Crippen LogP contribution is 2.78. The van der Waals surface area contributed by atoms with E-state index in [1.807, 2.05) is 0 Å². The Morgan fingerprint density at radius 1 is 1.00 bits per heavy atom. The molecule has 5 rings (SSSR count). The van der Waals surface area contributed by atoms with Crippen molar-refractivity contribution in [1.82, 2.24) is 0 Å². The van der Waals surface area contributed by atoms with Crippen molar-refractivity contribution in [2.45, 2.75) is 0 Å². The van der Waals surface area contributed by atoms with Crippen LogP contribution in [0.4, 0.5) is 0 Å². The molecule has 2 fully saturated rings. The lowest BCUT2D eigenvalue weighted by molar-refractivity contribution is 0.651. The first-order valence-corrected chi connectivity index (χ1v) is 6.30. The van der Waals surface area contributed by atoms with Gasteiger partial charge in [-0.2, -0.15) is 0 Å². The van der Waals surface area contributed by atoms with E-state index in [4.69, 9.17) is 0 Å². The molecule has 74 valence electrons. The highest BCUT2D eigenvalue weighted by atomic mass is 79.9. The van der Waals surface area contributed by atoms with Gasteiger partial charge in [0.05, 0.1) is 0 Å². The van der Waals surface area contributed by atoms with Crippen LogP contribution in [0.3, 0.4) is 0 Å². The Bertz CT molecular complexity index is 473. The van der Waals surface area contributed by atoms with Gasteiger partial charge in [0, 0.05) is 4.48 Å². The van der Waals surface area contributed by atoms with Crippen LogP contribution in [0, 0.1) is 23.7 Å². The van der Waals surface area contributed by atoms with Crippen LogP contribution in [-0.2, 0) is 0 Å². The van der Waals surface area contributed by atoms with Crippen molar-refractivity contribution in [3.8, 4) is 0 Å². The highest BCUT2D eigenvalue weighted by molar-refractivity contribution is 9.11. The summed E-state index contributed by atoms with van der Waals surface area (Å²) in [5.74, 6) is 3.71. The van der Waals surface area contributed by atoms with Crippen LogP contribution in [0.15, 0.2) is 47.0 Å². The lowest BCUT2D eigenvalue weighted by Crippen LogP contribution is -1.98. The number of halogens is 1. The minimum Gasteiger partial charge on any atom is -0.0665 e. The van der Waals surface area contributed by atoms with Gasteiger partial charge in [-0.05, 0) is 40.9 Å². The van der Waals surface area contributed by atoms with Gasteiger partial charge >= 0.3 is 0 Å². The molecule has 0 amide bonds. The summed E-state index contributed by atoms with van der Waals surface area (Å²) in [7, 11) is 0. The van der Waals surface area contributed by atoms with Crippen molar-refractivity contribution in [2.75, 3.05) is 0 Å². The molecule has 1 aromatic rings. The summed E-state index contributed by atoms with van der Waals surface area (Å²) in [6.07, 6.45) is 4.71. The third kappa shape index (κ3) is 1.07. The molecule has 2 saturated carbocycles. The fraction of sp³-hybridized carbons (Fsp3) is 0.286. The zero-order chi connectivity index (χ0) is 9.99. The predicted octanol–water partition coefficient (Wildman–Crippen LogP) is 3.85. The quantitative estimate of drug-likeness (QED) is 0.718. The Morgan fingerprint density at radius 3 is 2.47 bits per heavy atom. The second kappa shape index (κ2) is 2.65. The lowest BCUT2D eigenvalue weighted by atomic mass is 9.94. The fourth-order valence-corrected chi connectivity index (χ4v) is 3.65. The molecule has 0 aliphatic heterocycles. The van der Waals surface area contributed by atoms with E-state index in [0.29, 0.717) is 0 Å². The largest absolute Gasteiger partial charge is 0.0665 e. The first-order valence-electron chi connectivity index (χ1n) is 5.50. The summed E-state index contributed by atoms with van der Waals surface area (Å²) in [6.45, 7) is 0. The average Bonchev–Trinajstić information content (AvgIpc) is 3.10. The molecule has 0 radical (unpaired) electrons. The molecule has 2 atom stereocenters. The smallest absolute Gasteiger partial charge is 0.0141 e. The molecule has 1 heteroatoms. The van der Waals surface area contributed by atoms with Crippen molar-refractivity contribution in [3.63, 3.8) is 0 Å². The molecule has 0 aromatic heterocycles. The maximum Gasteiger partial charge on any atom is 0.0141 e. The number of allylic oxidation sites excluding steroid dienone is 4. The van der Waals surface area contributed by atoms with E-state index >= 15 is 0 Å². The standard InChI is InChI=1S/C14H11Br/c15-9-6-10(8-4-2-1-3-5-8)12-13-11(7-9)14(12)13/h1-7,11-14H. The fourth-order valence-electron chi connectivity index (χ4n) is 3.10. The number of fused-ring (bicyclic) bond motifs is 1. The van der Waals surface area contributed by atoms with Crippen molar-refractivity contribution < 1.29 is 0 Å². The Hall–Kier alpha value is -0.820. The third-order valence-electron chi connectivity index (χ3n) is 3.99. The number of rotatable bonds is 1. The number of benzene rings is 1. The van der Waals surface area contributed by atoms with Crippen molar-refractivity contribution in [1.29, 1.82) is 0 Å². The second-order valence-corrected chi connectivity index (χ2v) is 5.69. The van der Waals surface area contributed by atoms with Gasteiger partial charge in [0.1, 0.15) is 0 Å². The molecule has 4 aliphatic rings. The summed E-state index contributed by atoms with van der Waals surface area (Å²) in [4.78, 5) is 0. The molecule has 4 aliphatic carbocycles. The van der Waals surface area contributed by atoms with E-state index in [9.17, 15) is 0 Å². The summed E-state index contributed by atoms with van der Waals surface area (Å²) < 4.78 is 1.28. The second-order valence-electron chi connectivity index (χ2n) is 4.78. The summed E-state index contributed by atoms with van der Waals surface area (Å²) >= 11 is 3.64. The molecule has 2 bridgehead atoms. The van der Waals surface area contributed by atoms with E-state index in [-0.39, 0.29) is 0 Å². The van der Waals surface area contributed by atoms with Crippen LogP contribution < -0.4 is 0 Å². The van der Waals surface area contributed by atoms with Crippen molar-refractivity contribution in [2.24, 2.45) is 23.7 Å². The normalized spacial score (nSPS) is 39.8. The van der Waals surface area contributed by atoms with Crippen LogP contribution >= 0.6 is 15.9 Å². The Morgan fingerprint density at radius 2 is 1.73 bits per heavy atom. The molecule has 15 heavy (non-hydrogen) atoms. The van der Waals surface area contributed by atoms with Crippen LogP contribution in [0.25, 0.3) is 5.57 Å². The Kier molecular flexibility index (Phi) is 1.47. The molecular weight excluding hydrogens is 248 g/mol. The summed E-state index contributed by atoms with van der Waals surface area (Å²) in [5.41, 5.74) is 2.95. The third-order valence-corrected chi connectivity index (χ3v) is 4.49. The lowest BCUT2D eigenvalue weighted by Gasteiger charge is -2.10. The minimum atomic E-state index is 0.865. The Balaban J connectivity index is 1.81. The zero-order valence-corrected chi connectivity index (χ0v) is 9.81. The van der Waals surface area contributed by atoms with E-state index in [1.54, 1.807) is 5.57 Å². The van der Waals surface area contributed by atoms with Gasteiger partial charge in [-0.1, -0.05) is 52.3 Å². The van der Waals surface area contributed by atoms with E-state index in [1.165, 1.54) is 10.0 Å². The predicted molar refractivity (Wildman–Crippen MR) is 65.4 cm³/mol. The highest BCUT2D eigenvalue weighted by Gasteiger charge is 2.73. The van der Waals surface area contributed by atoms with Crippen LogP contribution in [0.2, 0.25) is 0 Å². The monoisotopic (exact) mass is 258 g/mol. The topological polar surface area (TPSA) is 0 Å². The van der Waals surface area contributed by atoms with Gasteiger partial charge < -0.3 is 0 Å². The van der Waals surface area contributed by atoms with Gasteiger partial charge in [0.15, 0.2) is 0 Å². The molecule has 0 heterocycles. The SMILES string of the molecule is BrC1=CC2C3C(C(c4ccccc4)=C1)C23. The minimum absolute atomic E-state index is 0.865. The van der Waals surface area contributed by atoms with Crippen LogP contribution in [0.1, 0.15) is 5.56 Å². The van der Waals surface area contributed by atoms with Crippen LogP contribution in [-0.4, -0.2) is 0 Å².